The van der Waals surface area contributed by atoms with Crippen LogP contribution in [-0.4, -0.2) is 29.1 Å². The smallest absolute Gasteiger partial charge is 0.345 e. The summed E-state index contributed by atoms with van der Waals surface area (Å²) in [4.78, 5) is 34.7. The number of ether oxygens (including phenoxy) is 2. The van der Waals surface area contributed by atoms with Gasteiger partial charge in [-0.05, 0) is 55.0 Å². The van der Waals surface area contributed by atoms with Crippen LogP contribution in [0.2, 0.25) is 10.0 Å². The summed E-state index contributed by atoms with van der Waals surface area (Å²) in [5.74, 6) is -0.635. The highest BCUT2D eigenvalue weighted by atomic mass is 35.5. The monoisotopic (exact) mass is 501 g/mol. The Labute approximate surface area is 204 Å². The van der Waals surface area contributed by atoms with Gasteiger partial charge in [-0.1, -0.05) is 35.3 Å². The molecule has 0 fully saturated rings. The minimum atomic E-state index is -0.907. The van der Waals surface area contributed by atoms with Gasteiger partial charge in [0.25, 0.3) is 11.6 Å². The highest BCUT2D eigenvalue weighted by molar-refractivity contribution is 6.36. The lowest BCUT2D eigenvalue weighted by molar-refractivity contribution is -0.384. The topological polar surface area (TPSA) is 120 Å². The zero-order chi connectivity index (χ0) is 24.7. The maximum atomic E-state index is 12.4. The molecule has 0 spiro atoms. The molecule has 1 amide bonds. The standard InChI is InChI=1S/C23H17Cl2N3O6/c1-14(33-18-8-6-17(7-9-18)28(31)32)22(29)27-26-13-15-3-2-4-19(11-15)34-23(30)20-10-5-16(24)12-21(20)25/h2-14H,1H3,(H,27,29)/b26-13-/t14-/m0/s1. The first-order valence-electron chi connectivity index (χ1n) is 9.74. The molecular formula is C23H17Cl2N3O6. The first kappa shape index (κ1) is 24.7. The predicted octanol–water partition coefficient (Wildman–Crippen LogP) is 5.04. The molecule has 0 saturated heterocycles. The molecule has 34 heavy (non-hydrogen) atoms. The molecule has 3 rings (SSSR count). The highest BCUT2D eigenvalue weighted by Crippen LogP contribution is 2.23. The number of carbonyl (C=O) groups excluding carboxylic acids is 2. The third-order valence-corrected chi connectivity index (χ3v) is 4.89. The summed E-state index contributed by atoms with van der Waals surface area (Å²) < 4.78 is 10.8. The van der Waals surface area contributed by atoms with Crippen molar-refractivity contribution in [2.75, 3.05) is 0 Å². The largest absolute Gasteiger partial charge is 0.481 e. The van der Waals surface area contributed by atoms with Crippen molar-refractivity contribution in [2.45, 2.75) is 13.0 Å². The van der Waals surface area contributed by atoms with Crippen LogP contribution in [0.5, 0.6) is 11.5 Å². The lowest BCUT2D eigenvalue weighted by Crippen LogP contribution is -2.33. The molecule has 3 aromatic rings. The number of hydrogen-bond acceptors (Lipinski definition) is 7. The molecule has 9 nitrogen and oxygen atoms in total. The number of nitrogens with zero attached hydrogens (tertiary/aromatic N) is 2. The van der Waals surface area contributed by atoms with Crippen LogP contribution in [0.4, 0.5) is 5.69 Å². The average Bonchev–Trinajstić information content (AvgIpc) is 2.79. The van der Waals surface area contributed by atoms with Crippen LogP contribution in [0.25, 0.3) is 0 Å². The number of nitro groups is 1. The van der Waals surface area contributed by atoms with Gasteiger partial charge in [-0.3, -0.25) is 14.9 Å². The van der Waals surface area contributed by atoms with Crippen LogP contribution >= 0.6 is 23.2 Å². The highest BCUT2D eigenvalue weighted by Gasteiger charge is 2.15. The Morgan fingerprint density at radius 1 is 1.06 bits per heavy atom. The maximum Gasteiger partial charge on any atom is 0.345 e. The van der Waals surface area contributed by atoms with Crippen LogP contribution in [0, 0.1) is 10.1 Å². The Balaban J connectivity index is 1.56. The van der Waals surface area contributed by atoms with E-state index in [9.17, 15) is 19.7 Å². The molecule has 0 aliphatic heterocycles. The fraction of sp³-hybridized carbons (Fsp3) is 0.0870. The fourth-order valence-electron chi connectivity index (χ4n) is 2.64. The average molecular weight is 502 g/mol. The number of carbonyl (C=O) groups is 2. The lowest BCUT2D eigenvalue weighted by atomic mass is 10.2. The lowest BCUT2D eigenvalue weighted by Gasteiger charge is -2.12. The Bertz CT molecular complexity index is 1250. The van der Waals surface area contributed by atoms with Crippen molar-refractivity contribution in [3.8, 4) is 11.5 Å². The first-order chi connectivity index (χ1) is 16.2. The van der Waals surface area contributed by atoms with Crippen LogP contribution in [0.15, 0.2) is 71.8 Å². The van der Waals surface area contributed by atoms with Gasteiger partial charge in [0, 0.05) is 17.2 Å². The maximum absolute atomic E-state index is 12.4. The van der Waals surface area contributed by atoms with Gasteiger partial charge >= 0.3 is 5.97 Å². The van der Waals surface area contributed by atoms with Gasteiger partial charge in [0.2, 0.25) is 0 Å². The first-order valence-corrected chi connectivity index (χ1v) is 10.5. The van der Waals surface area contributed by atoms with Crippen molar-refractivity contribution in [3.05, 3.63) is 98.0 Å². The van der Waals surface area contributed by atoms with Gasteiger partial charge in [-0.2, -0.15) is 5.10 Å². The number of hydrogen-bond donors (Lipinski definition) is 1. The van der Waals surface area contributed by atoms with E-state index in [1.54, 1.807) is 24.3 Å². The molecular weight excluding hydrogens is 485 g/mol. The summed E-state index contributed by atoms with van der Waals surface area (Å²) in [6.07, 6.45) is 0.457. The van der Waals surface area contributed by atoms with Crippen molar-refractivity contribution >= 4 is 47.0 Å². The minimum Gasteiger partial charge on any atom is -0.481 e. The van der Waals surface area contributed by atoms with E-state index < -0.39 is 22.9 Å². The summed E-state index contributed by atoms with van der Waals surface area (Å²) in [5, 5.41) is 15.1. The van der Waals surface area contributed by atoms with E-state index in [1.165, 1.54) is 55.6 Å². The summed E-state index contributed by atoms with van der Waals surface area (Å²) in [6.45, 7) is 1.51. The zero-order valence-corrected chi connectivity index (χ0v) is 19.1. The van der Waals surface area contributed by atoms with Crippen molar-refractivity contribution in [2.24, 2.45) is 5.10 Å². The van der Waals surface area contributed by atoms with Crippen molar-refractivity contribution in [1.29, 1.82) is 0 Å². The number of halogens is 2. The second kappa shape index (κ2) is 11.3. The molecule has 3 aromatic carbocycles. The summed E-state index contributed by atoms with van der Waals surface area (Å²) in [5.41, 5.74) is 2.97. The quantitative estimate of drug-likeness (QED) is 0.152. The number of amides is 1. The fourth-order valence-corrected chi connectivity index (χ4v) is 3.13. The molecule has 11 heteroatoms. The van der Waals surface area contributed by atoms with Crippen LogP contribution < -0.4 is 14.9 Å². The van der Waals surface area contributed by atoms with Crippen LogP contribution in [0.1, 0.15) is 22.8 Å². The van der Waals surface area contributed by atoms with Gasteiger partial charge in [0.1, 0.15) is 11.5 Å². The number of esters is 1. The summed E-state index contributed by atoms with van der Waals surface area (Å²) in [6, 6.07) is 16.3. The van der Waals surface area contributed by atoms with Crippen molar-refractivity contribution < 1.29 is 24.0 Å². The van der Waals surface area contributed by atoms with Gasteiger partial charge < -0.3 is 9.47 Å². The zero-order valence-electron chi connectivity index (χ0n) is 17.6. The van der Waals surface area contributed by atoms with Crippen molar-refractivity contribution in [3.63, 3.8) is 0 Å². The molecule has 174 valence electrons. The van der Waals surface area contributed by atoms with E-state index in [4.69, 9.17) is 32.7 Å². The van der Waals surface area contributed by atoms with Gasteiger partial charge in [0.15, 0.2) is 6.10 Å². The molecule has 0 heterocycles. The molecule has 0 radical (unpaired) electrons. The third-order valence-electron chi connectivity index (χ3n) is 4.34. The van der Waals surface area contributed by atoms with Crippen LogP contribution in [0.3, 0.4) is 0 Å². The molecule has 0 aliphatic carbocycles. The Morgan fingerprint density at radius 3 is 2.47 bits per heavy atom. The number of non-ortho nitro benzene ring substituents is 1. The van der Waals surface area contributed by atoms with E-state index in [1.807, 2.05) is 0 Å². The molecule has 1 atom stereocenters. The molecule has 0 aliphatic rings. The van der Waals surface area contributed by atoms with Gasteiger partial charge in [-0.25, -0.2) is 10.2 Å². The number of hydrazone groups is 1. The third kappa shape index (κ3) is 6.77. The van der Waals surface area contributed by atoms with E-state index in [-0.39, 0.29) is 22.0 Å². The summed E-state index contributed by atoms with van der Waals surface area (Å²) >= 11 is 11.9. The second-order valence-electron chi connectivity index (χ2n) is 6.83. The second-order valence-corrected chi connectivity index (χ2v) is 7.68. The number of rotatable bonds is 8. The molecule has 0 unspecified atom stereocenters. The van der Waals surface area contributed by atoms with Gasteiger partial charge in [0.05, 0.1) is 21.7 Å². The number of nitro benzene ring substituents is 1. The molecule has 0 aromatic heterocycles. The Hall–Kier alpha value is -3.95. The normalized spacial score (nSPS) is 11.6. The Kier molecular flexibility index (Phi) is 8.18. The Morgan fingerprint density at radius 2 is 1.79 bits per heavy atom. The van der Waals surface area contributed by atoms with E-state index in [2.05, 4.69) is 10.5 Å². The molecule has 0 saturated carbocycles. The molecule has 1 N–H and O–H groups in total. The number of nitrogens with one attached hydrogen (secondary N) is 1. The van der Waals surface area contributed by atoms with Crippen LogP contribution in [-0.2, 0) is 4.79 Å². The van der Waals surface area contributed by atoms with E-state index in [0.717, 1.165) is 0 Å². The predicted molar refractivity (Wildman–Crippen MR) is 127 cm³/mol. The van der Waals surface area contributed by atoms with Crippen molar-refractivity contribution in [1.82, 2.24) is 5.43 Å². The van der Waals surface area contributed by atoms with E-state index >= 15 is 0 Å². The van der Waals surface area contributed by atoms with Gasteiger partial charge in [-0.15, -0.1) is 0 Å². The summed E-state index contributed by atoms with van der Waals surface area (Å²) in [7, 11) is 0. The SMILES string of the molecule is C[C@H](Oc1ccc([N+](=O)[O-])cc1)C(=O)N/N=C\c1cccc(OC(=O)c2ccc(Cl)cc2Cl)c1. The molecule has 0 bridgehead atoms. The van der Waals surface area contributed by atoms with E-state index in [0.29, 0.717) is 16.3 Å². The number of benzene rings is 3. The minimum absolute atomic E-state index is 0.0850.